The van der Waals surface area contributed by atoms with Gasteiger partial charge >= 0.3 is 0 Å². The lowest BCUT2D eigenvalue weighted by Crippen LogP contribution is -2.28. The van der Waals surface area contributed by atoms with E-state index in [-0.39, 0.29) is 6.04 Å². The zero-order valence-electron chi connectivity index (χ0n) is 10.2. The van der Waals surface area contributed by atoms with Crippen molar-refractivity contribution in [3.63, 3.8) is 0 Å². The van der Waals surface area contributed by atoms with Gasteiger partial charge in [0.15, 0.2) is 11.6 Å². The summed E-state index contributed by atoms with van der Waals surface area (Å²) in [4.78, 5) is 0. The number of hydrogen-bond acceptors (Lipinski definition) is 1. The predicted octanol–water partition coefficient (Wildman–Crippen LogP) is 3.81. The molecule has 0 spiro atoms. The first kappa shape index (κ1) is 12.5. The maximum atomic E-state index is 13.8. The number of halogens is 2. The predicted molar refractivity (Wildman–Crippen MR) is 64.7 cm³/mol. The minimum absolute atomic E-state index is 0.0433. The first-order valence-corrected chi connectivity index (χ1v) is 6.41. The monoisotopic (exact) mass is 239 g/mol. The van der Waals surface area contributed by atoms with Crippen LogP contribution < -0.4 is 5.32 Å². The molecule has 1 N–H and O–H groups in total. The van der Waals surface area contributed by atoms with Crippen LogP contribution >= 0.6 is 0 Å². The highest BCUT2D eigenvalue weighted by Crippen LogP contribution is 2.36. The van der Waals surface area contributed by atoms with E-state index in [0.29, 0.717) is 11.5 Å². The van der Waals surface area contributed by atoms with E-state index < -0.39 is 11.6 Å². The van der Waals surface area contributed by atoms with Gasteiger partial charge in [-0.3, -0.25) is 0 Å². The van der Waals surface area contributed by atoms with Gasteiger partial charge in [0, 0.05) is 11.6 Å². The van der Waals surface area contributed by atoms with Crippen LogP contribution in [0.5, 0.6) is 0 Å². The molecule has 3 heteroatoms. The summed E-state index contributed by atoms with van der Waals surface area (Å²) in [7, 11) is 0. The molecule has 0 radical (unpaired) electrons. The molecule has 1 aliphatic carbocycles. The SMILES string of the molecule is CCNC(c1cccc(F)c1F)C1CCCC1. The zero-order chi connectivity index (χ0) is 12.3. The average Bonchev–Trinajstić information content (AvgIpc) is 2.84. The van der Waals surface area contributed by atoms with Crippen LogP contribution in [0.2, 0.25) is 0 Å². The molecule has 1 unspecified atom stereocenters. The molecule has 0 aromatic heterocycles. The fourth-order valence-electron chi connectivity index (χ4n) is 2.80. The third kappa shape index (κ3) is 2.65. The largest absolute Gasteiger partial charge is 0.310 e. The number of benzene rings is 1. The van der Waals surface area contributed by atoms with Crippen LogP contribution in [0.3, 0.4) is 0 Å². The van der Waals surface area contributed by atoms with E-state index in [2.05, 4.69) is 5.32 Å². The van der Waals surface area contributed by atoms with Crippen molar-refractivity contribution >= 4 is 0 Å². The Hall–Kier alpha value is -0.960. The summed E-state index contributed by atoms with van der Waals surface area (Å²) in [6.45, 7) is 2.77. The van der Waals surface area contributed by atoms with Crippen LogP contribution in [-0.4, -0.2) is 6.54 Å². The molecule has 0 bridgehead atoms. The number of nitrogens with one attached hydrogen (secondary N) is 1. The molecule has 1 atom stereocenters. The average molecular weight is 239 g/mol. The van der Waals surface area contributed by atoms with Gasteiger partial charge in [0.2, 0.25) is 0 Å². The molecule has 1 aromatic rings. The zero-order valence-corrected chi connectivity index (χ0v) is 10.2. The molecule has 0 heterocycles. The summed E-state index contributed by atoms with van der Waals surface area (Å²) in [6, 6.07) is 4.42. The Morgan fingerprint density at radius 2 is 2.00 bits per heavy atom. The molecule has 17 heavy (non-hydrogen) atoms. The van der Waals surface area contributed by atoms with Crippen LogP contribution in [-0.2, 0) is 0 Å². The lowest BCUT2D eigenvalue weighted by Gasteiger charge is -2.25. The molecule has 1 fully saturated rings. The van der Waals surface area contributed by atoms with Crippen LogP contribution in [0.4, 0.5) is 8.78 Å². The summed E-state index contributed by atoms with van der Waals surface area (Å²) < 4.78 is 27.1. The van der Waals surface area contributed by atoms with E-state index in [0.717, 1.165) is 19.4 Å². The van der Waals surface area contributed by atoms with Crippen molar-refractivity contribution in [3.8, 4) is 0 Å². The molecule has 2 rings (SSSR count). The van der Waals surface area contributed by atoms with Gasteiger partial charge in [-0.25, -0.2) is 8.78 Å². The fraction of sp³-hybridized carbons (Fsp3) is 0.571. The van der Waals surface area contributed by atoms with Crippen molar-refractivity contribution in [3.05, 3.63) is 35.4 Å². The Bertz CT molecular complexity index is 372. The van der Waals surface area contributed by atoms with Crippen molar-refractivity contribution < 1.29 is 8.78 Å². The Kier molecular flexibility index (Phi) is 4.11. The highest BCUT2D eigenvalue weighted by molar-refractivity contribution is 5.23. The van der Waals surface area contributed by atoms with Crippen molar-refractivity contribution in [1.82, 2.24) is 5.32 Å². The lowest BCUT2D eigenvalue weighted by atomic mass is 9.91. The second kappa shape index (κ2) is 5.58. The van der Waals surface area contributed by atoms with E-state index in [4.69, 9.17) is 0 Å². The first-order chi connectivity index (χ1) is 8.24. The maximum Gasteiger partial charge on any atom is 0.163 e. The topological polar surface area (TPSA) is 12.0 Å². The third-order valence-electron chi connectivity index (χ3n) is 3.61. The first-order valence-electron chi connectivity index (χ1n) is 6.41. The minimum atomic E-state index is -0.747. The molecule has 1 saturated carbocycles. The van der Waals surface area contributed by atoms with Crippen molar-refractivity contribution in [2.24, 2.45) is 5.92 Å². The second-order valence-electron chi connectivity index (χ2n) is 4.72. The number of hydrogen-bond donors (Lipinski definition) is 1. The quantitative estimate of drug-likeness (QED) is 0.842. The summed E-state index contributed by atoms with van der Waals surface area (Å²) in [6.07, 6.45) is 4.61. The van der Waals surface area contributed by atoms with Gasteiger partial charge in [-0.05, 0) is 31.4 Å². The van der Waals surface area contributed by atoms with Gasteiger partial charge in [0.1, 0.15) is 0 Å². The third-order valence-corrected chi connectivity index (χ3v) is 3.61. The number of rotatable bonds is 4. The molecule has 0 amide bonds. The highest BCUT2D eigenvalue weighted by atomic mass is 19.2. The van der Waals surface area contributed by atoms with Gasteiger partial charge in [0.05, 0.1) is 0 Å². The minimum Gasteiger partial charge on any atom is -0.310 e. The van der Waals surface area contributed by atoms with Gasteiger partial charge in [-0.1, -0.05) is 31.9 Å². The molecule has 0 aliphatic heterocycles. The molecular weight excluding hydrogens is 220 g/mol. The van der Waals surface area contributed by atoms with Crippen LogP contribution in [0.1, 0.15) is 44.2 Å². The smallest absolute Gasteiger partial charge is 0.163 e. The molecule has 1 aromatic carbocycles. The van der Waals surface area contributed by atoms with Gasteiger partial charge in [-0.15, -0.1) is 0 Å². The van der Waals surface area contributed by atoms with Crippen LogP contribution in [0, 0.1) is 17.6 Å². The fourth-order valence-corrected chi connectivity index (χ4v) is 2.80. The van der Waals surface area contributed by atoms with E-state index >= 15 is 0 Å². The van der Waals surface area contributed by atoms with Gasteiger partial charge < -0.3 is 5.32 Å². The summed E-state index contributed by atoms with van der Waals surface area (Å²) in [5, 5.41) is 3.30. The normalized spacial score (nSPS) is 18.5. The van der Waals surface area contributed by atoms with E-state index in [1.54, 1.807) is 12.1 Å². The molecule has 94 valence electrons. The second-order valence-corrected chi connectivity index (χ2v) is 4.72. The molecule has 1 aliphatic rings. The van der Waals surface area contributed by atoms with Crippen molar-refractivity contribution in [2.45, 2.75) is 38.6 Å². The maximum absolute atomic E-state index is 13.8. The van der Waals surface area contributed by atoms with Crippen LogP contribution in [0.25, 0.3) is 0 Å². The van der Waals surface area contributed by atoms with E-state index in [9.17, 15) is 8.78 Å². The highest BCUT2D eigenvalue weighted by Gasteiger charge is 2.28. The summed E-state index contributed by atoms with van der Waals surface area (Å²) in [5.41, 5.74) is 0.485. The standard InChI is InChI=1S/C14H19F2N/c1-2-17-14(10-6-3-4-7-10)11-8-5-9-12(15)13(11)16/h5,8-10,14,17H,2-4,6-7H2,1H3. The Morgan fingerprint density at radius 3 is 2.65 bits per heavy atom. The van der Waals surface area contributed by atoms with Crippen LogP contribution in [0.15, 0.2) is 18.2 Å². The van der Waals surface area contributed by atoms with Crippen molar-refractivity contribution in [1.29, 1.82) is 0 Å². The summed E-state index contributed by atoms with van der Waals surface area (Å²) in [5.74, 6) is -1.000. The summed E-state index contributed by atoms with van der Waals surface area (Å²) >= 11 is 0. The molecule has 0 saturated heterocycles. The lowest BCUT2D eigenvalue weighted by molar-refractivity contribution is 0.357. The Labute approximate surface area is 101 Å². The van der Waals surface area contributed by atoms with E-state index in [1.807, 2.05) is 6.92 Å². The van der Waals surface area contributed by atoms with Gasteiger partial charge in [0.25, 0.3) is 0 Å². The van der Waals surface area contributed by atoms with Gasteiger partial charge in [-0.2, -0.15) is 0 Å². The Balaban J connectivity index is 2.27. The molecule has 1 nitrogen and oxygen atoms in total. The molecular formula is C14H19F2N. The van der Waals surface area contributed by atoms with E-state index in [1.165, 1.54) is 18.9 Å². The Morgan fingerprint density at radius 1 is 1.29 bits per heavy atom. The van der Waals surface area contributed by atoms with Crippen molar-refractivity contribution in [2.75, 3.05) is 6.54 Å².